The van der Waals surface area contributed by atoms with E-state index in [4.69, 9.17) is 11.6 Å². The first-order chi connectivity index (χ1) is 14.5. The number of aromatic nitrogens is 2. The fourth-order valence-electron chi connectivity index (χ4n) is 3.21. The van der Waals surface area contributed by atoms with Crippen molar-refractivity contribution in [3.05, 3.63) is 89.0 Å². The molecule has 2 N–H and O–H groups in total. The normalized spacial score (nSPS) is 11.5. The number of benzene rings is 3. The quantitative estimate of drug-likeness (QED) is 0.358. The summed E-state index contributed by atoms with van der Waals surface area (Å²) in [5, 5.41) is 3.45. The number of H-pyrrole nitrogens is 1. The Kier molecular flexibility index (Phi) is 5.68. The van der Waals surface area contributed by atoms with Crippen molar-refractivity contribution in [1.29, 1.82) is 0 Å². The van der Waals surface area contributed by atoms with Crippen LogP contribution in [0.2, 0.25) is 5.02 Å². The monoisotopic (exact) mass is 415 g/mol. The molecule has 1 aromatic heterocycles. The number of nitrogens with one attached hydrogen (secondary N) is 2. The molecule has 0 aliphatic rings. The highest BCUT2D eigenvalue weighted by atomic mass is 35.5. The molecule has 0 saturated carbocycles. The molecule has 0 radical (unpaired) electrons. The Bertz CT molecular complexity index is 1190. The van der Waals surface area contributed by atoms with Crippen LogP contribution in [0.5, 0.6) is 0 Å². The molecule has 4 nitrogen and oxygen atoms in total. The van der Waals surface area contributed by atoms with Crippen LogP contribution in [-0.2, 0) is 4.79 Å². The molecule has 0 fully saturated rings. The number of carbonyl (C=O) groups is 1. The number of anilines is 1. The van der Waals surface area contributed by atoms with E-state index in [0.29, 0.717) is 22.5 Å². The second-order valence-electron chi connectivity index (χ2n) is 7.44. The number of nitrogens with zero attached hydrogens (tertiary/aromatic N) is 1. The Morgan fingerprint density at radius 1 is 1.07 bits per heavy atom. The molecule has 0 saturated heterocycles. The topological polar surface area (TPSA) is 57.8 Å². The molecule has 4 aromatic rings. The van der Waals surface area contributed by atoms with Crippen LogP contribution in [0.4, 0.5) is 5.69 Å². The van der Waals surface area contributed by atoms with E-state index in [9.17, 15) is 4.79 Å². The van der Waals surface area contributed by atoms with Crippen molar-refractivity contribution < 1.29 is 4.79 Å². The van der Waals surface area contributed by atoms with E-state index in [-0.39, 0.29) is 5.91 Å². The molecular formula is C25H22ClN3O. The first-order valence-corrected chi connectivity index (χ1v) is 10.2. The van der Waals surface area contributed by atoms with Crippen molar-refractivity contribution in [1.82, 2.24) is 9.97 Å². The number of amides is 1. The summed E-state index contributed by atoms with van der Waals surface area (Å²) >= 11 is 6.38. The number of para-hydroxylation sites is 2. The second kappa shape index (κ2) is 8.56. The number of rotatable bonds is 5. The van der Waals surface area contributed by atoms with E-state index in [1.54, 1.807) is 18.2 Å². The highest BCUT2D eigenvalue weighted by Crippen LogP contribution is 2.30. The zero-order valence-corrected chi connectivity index (χ0v) is 17.6. The summed E-state index contributed by atoms with van der Waals surface area (Å²) in [6, 6.07) is 21.3. The van der Waals surface area contributed by atoms with Crippen molar-refractivity contribution >= 4 is 40.3 Å². The maximum absolute atomic E-state index is 12.4. The van der Waals surface area contributed by atoms with Crippen LogP contribution in [0.3, 0.4) is 0 Å². The Labute approximate surface area is 180 Å². The number of imidazole rings is 1. The number of fused-ring (bicyclic) bond motifs is 1. The number of hydrogen-bond acceptors (Lipinski definition) is 2. The van der Waals surface area contributed by atoms with Crippen LogP contribution >= 0.6 is 11.6 Å². The van der Waals surface area contributed by atoms with Crippen LogP contribution in [0.15, 0.2) is 72.8 Å². The molecule has 30 heavy (non-hydrogen) atoms. The number of halogens is 1. The van der Waals surface area contributed by atoms with Crippen molar-refractivity contribution in [2.45, 2.75) is 19.8 Å². The lowest BCUT2D eigenvalue weighted by Gasteiger charge is -2.07. The van der Waals surface area contributed by atoms with Gasteiger partial charge in [0.25, 0.3) is 0 Å². The van der Waals surface area contributed by atoms with Crippen LogP contribution < -0.4 is 5.32 Å². The number of hydrogen-bond donors (Lipinski definition) is 2. The van der Waals surface area contributed by atoms with Crippen molar-refractivity contribution in [2.75, 3.05) is 5.32 Å². The third-order valence-corrected chi connectivity index (χ3v) is 5.24. The highest BCUT2D eigenvalue weighted by Gasteiger charge is 2.10. The van der Waals surface area contributed by atoms with Crippen molar-refractivity contribution in [3.63, 3.8) is 0 Å². The van der Waals surface area contributed by atoms with Crippen molar-refractivity contribution in [3.8, 4) is 11.4 Å². The number of carbonyl (C=O) groups excluding carboxylic acids is 1. The largest absolute Gasteiger partial charge is 0.338 e. The molecule has 1 heterocycles. The lowest BCUT2D eigenvalue weighted by molar-refractivity contribution is -0.111. The third-order valence-electron chi connectivity index (χ3n) is 4.91. The summed E-state index contributed by atoms with van der Waals surface area (Å²) < 4.78 is 0. The van der Waals surface area contributed by atoms with E-state index >= 15 is 0 Å². The van der Waals surface area contributed by atoms with Gasteiger partial charge in [0.15, 0.2) is 0 Å². The molecule has 4 rings (SSSR count). The van der Waals surface area contributed by atoms with Crippen LogP contribution in [0, 0.1) is 0 Å². The molecule has 0 spiro atoms. The van der Waals surface area contributed by atoms with Gasteiger partial charge in [-0.25, -0.2) is 4.98 Å². The van der Waals surface area contributed by atoms with Gasteiger partial charge in [0.1, 0.15) is 5.82 Å². The molecule has 0 atom stereocenters. The average Bonchev–Trinajstić information content (AvgIpc) is 3.18. The Balaban J connectivity index is 1.50. The Hall–Kier alpha value is -3.37. The van der Waals surface area contributed by atoms with E-state index < -0.39 is 0 Å². The van der Waals surface area contributed by atoms with Gasteiger partial charge in [-0.1, -0.05) is 61.8 Å². The van der Waals surface area contributed by atoms with Crippen LogP contribution in [0.25, 0.3) is 28.5 Å². The van der Waals surface area contributed by atoms with Gasteiger partial charge in [-0.15, -0.1) is 0 Å². The molecule has 0 bridgehead atoms. The lowest BCUT2D eigenvalue weighted by atomic mass is 10.0. The fourth-order valence-corrected chi connectivity index (χ4v) is 3.42. The zero-order chi connectivity index (χ0) is 21.1. The molecule has 0 aliphatic heterocycles. The van der Waals surface area contributed by atoms with E-state index in [1.165, 1.54) is 11.6 Å². The maximum atomic E-state index is 12.4. The fraction of sp³-hybridized carbons (Fsp3) is 0.120. The summed E-state index contributed by atoms with van der Waals surface area (Å²) in [5.74, 6) is 0.941. The van der Waals surface area contributed by atoms with E-state index in [0.717, 1.165) is 22.2 Å². The zero-order valence-electron chi connectivity index (χ0n) is 16.8. The maximum Gasteiger partial charge on any atom is 0.248 e. The van der Waals surface area contributed by atoms with Gasteiger partial charge in [0.05, 0.1) is 16.1 Å². The SMILES string of the molecule is CC(C)c1ccc(C=CC(=O)Nc2ccc(Cl)c(-c3nc4ccccc4[nH]3)c2)cc1. The van der Waals surface area contributed by atoms with Crippen LogP contribution in [0.1, 0.15) is 30.9 Å². The Morgan fingerprint density at radius 2 is 1.83 bits per heavy atom. The first kappa shape index (κ1) is 19.9. The summed E-state index contributed by atoms with van der Waals surface area (Å²) in [6.07, 6.45) is 3.33. The minimum Gasteiger partial charge on any atom is -0.338 e. The molecule has 0 unspecified atom stereocenters. The third kappa shape index (κ3) is 4.44. The predicted octanol–water partition coefficient (Wildman–Crippen LogP) is 6.66. The minimum absolute atomic E-state index is 0.208. The van der Waals surface area contributed by atoms with Gasteiger partial charge in [0, 0.05) is 17.3 Å². The second-order valence-corrected chi connectivity index (χ2v) is 7.85. The summed E-state index contributed by atoms with van der Waals surface area (Å²) in [4.78, 5) is 20.2. The number of aromatic amines is 1. The molecule has 5 heteroatoms. The average molecular weight is 416 g/mol. The standard InChI is InChI=1S/C25H22ClN3O/c1-16(2)18-10-7-17(8-11-18)9-14-24(30)27-19-12-13-21(26)20(15-19)25-28-22-5-3-4-6-23(22)29-25/h3-16H,1-2H3,(H,27,30)(H,28,29). The molecule has 1 amide bonds. The van der Waals surface area contributed by atoms with Gasteiger partial charge in [-0.3, -0.25) is 4.79 Å². The summed E-state index contributed by atoms with van der Waals surface area (Å²) in [7, 11) is 0. The van der Waals surface area contributed by atoms with Crippen molar-refractivity contribution in [2.24, 2.45) is 0 Å². The minimum atomic E-state index is -0.208. The van der Waals surface area contributed by atoms with E-state index in [1.807, 2.05) is 42.5 Å². The summed E-state index contributed by atoms with van der Waals surface area (Å²) in [6.45, 7) is 4.31. The Morgan fingerprint density at radius 3 is 2.57 bits per heavy atom. The van der Waals surface area contributed by atoms with Gasteiger partial charge >= 0.3 is 0 Å². The van der Waals surface area contributed by atoms with Gasteiger partial charge in [-0.2, -0.15) is 0 Å². The van der Waals surface area contributed by atoms with Gasteiger partial charge in [0.2, 0.25) is 5.91 Å². The molecule has 0 aliphatic carbocycles. The predicted molar refractivity (Wildman–Crippen MR) is 125 cm³/mol. The molecule has 3 aromatic carbocycles. The highest BCUT2D eigenvalue weighted by molar-refractivity contribution is 6.33. The molecule has 150 valence electrons. The molecular weight excluding hydrogens is 394 g/mol. The van der Waals surface area contributed by atoms with Crippen LogP contribution in [-0.4, -0.2) is 15.9 Å². The van der Waals surface area contributed by atoms with Gasteiger partial charge < -0.3 is 10.3 Å². The van der Waals surface area contributed by atoms with E-state index in [2.05, 4.69) is 41.3 Å². The smallest absolute Gasteiger partial charge is 0.248 e. The lowest BCUT2D eigenvalue weighted by Crippen LogP contribution is -2.07. The van der Waals surface area contributed by atoms with Gasteiger partial charge in [-0.05, 0) is 53.5 Å². The first-order valence-electron chi connectivity index (χ1n) is 9.83. The summed E-state index contributed by atoms with van der Waals surface area (Å²) in [5.41, 5.74) is 5.44.